The lowest BCUT2D eigenvalue weighted by atomic mass is 9.93. The first kappa shape index (κ1) is 21.4. The number of carbonyl (C=O) groups is 2. The van der Waals surface area contributed by atoms with Gasteiger partial charge in [0.15, 0.2) is 0 Å². The van der Waals surface area contributed by atoms with Gasteiger partial charge in [0.25, 0.3) is 0 Å². The topological polar surface area (TPSA) is 83.4 Å². The monoisotopic (exact) mass is 399 g/mol. The third kappa shape index (κ3) is 6.32. The molecule has 0 bridgehead atoms. The molecule has 0 radical (unpaired) electrons. The van der Waals surface area contributed by atoms with Crippen LogP contribution in [0, 0.1) is 5.92 Å². The van der Waals surface area contributed by atoms with E-state index >= 15 is 0 Å². The first-order valence-electron chi connectivity index (χ1n) is 10.8. The molecule has 6 heteroatoms. The van der Waals surface area contributed by atoms with Crippen LogP contribution in [0.1, 0.15) is 51.0 Å². The number of piperidine rings is 1. The summed E-state index contributed by atoms with van der Waals surface area (Å²) in [6.07, 6.45) is 8.19. The van der Waals surface area contributed by atoms with E-state index in [0.29, 0.717) is 12.8 Å². The summed E-state index contributed by atoms with van der Waals surface area (Å²) in [5, 5.41) is 16.2. The number of benzene rings is 1. The van der Waals surface area contributed by atoms with Crippen molar-refractivity contribution in [1.82, 2.24) is 15.2 Å². The fraction of sp³-hybridized carbons (Fsp3) is 0.565. The lowest BCUT2D eigenvalue weighted by Gasteiger charge is -2.22. The maximum atomic E-state index is 12.2. The van der Waals surface area contributed by atoms with Gasteiger partial charge in [0.05, 0.1) is 6.42 Å². The van der Waals surface area contributed by atoms with Gasteiger partial charge >= 0.3 is 5.97 Å². The minimum atomic E-state index is -0.898. The number of aryl methyl sites for hydroxylation is 2. The van der Waals surface area contributed by atoms with Gasteiger partial charge in [0.2, 0.25) is 5.91 Å². The van der Waals surface area contributed by atoms with Crippen LogP contribution in [0.25, 0.3) is 10.9 Å². The molecule has 1 unspecified atom stereocenters. The second kappa shape index (κ2) is 10.4. The smallest absolute Gasteiger partial charge is 0.305 e. The summed E-state index contributed by atoms with van der Waals surface area (Å²) in [6.45, 7) is 5.02. The number of aliphatic carboxylic acids is 1. The van der Waals surface area contributed by atoms with Gasteiger partial charge in [-0.25, -0.2) is 0 Å². The average molecular weight is 400 g/mol. The molecule has 1 saturated heterocycles. The largest absolute Gasteiger partial charge is 0.481 e. The Kier molecular flexibility index (Phi) is 7.69. The Balaban J connectivity index is 1.57. The number of carboxylic acid groups (broad SMARTS) is 1. The van der Waals surface area contributed by atoms with Crippen LogP contribution in [0.2, 0.25) is 0 Å². The molecule has 1 amide bonds. The Morgan fingerprint density at radius 2 is 2.03 bits per heavy atom. The zero-order valence-corrected chi connectivity index (χ0v) is 17.3. The van der Waals surface area contributed by atoms with Crippen LogP contribution in [0.3, 0.4) is 0 Å². The second-order valence-corrected chi connectivity index (χ2v) is 8.27. The summed E-state index contributed by atoms with van der Waals surface area (Å²) in [5.41, 5.74) is 2.41. The number of rotatable bonds is 10. The number of hydrogen-bond donors (Lipinski definition) is 3. The van der Waals surface area contributed by atoms with E-state index in [9.17, 15) is 9.59 Å². The van der Waals surface area contributed by atoms with Crippen molar-refractivity contribution in [3.05, 3.63) is 36.0 Å². The summed E-state index contributed by atoms with van der Waals surface area (Å²) in [6, 6.07) is 8.03. The fourth-order valence-electron chi connectivity index (χ4n) is 4.34. The standard InChI is InChI=1S/C23H33N3O3/c1-17(15-23(28)29)25-22(27)9-8-19-16-26(21-7-3-2-6-20(19)21)14-4-5-18-10-12-24-13-11-18/h2-3,6-7,16-18,24H,4-5,8-15H2,1H3,(H,25,27)(H,28,29). The molecule has 1 aliphatic rings. The molecule has 3 rings (SSSR count). The molecule has 1 aliphatic heterocycles. The number of hydrogen-bond acceptors (Lipinski definition) is 3. The van der Waals surface area contributed by atoms with Crippen molar-refractivity contribution < 1.29 is 14.7 Å². The summed E-state index contributed by atoms with van der Waals surface area (Å²) in [4.78, 5) is 22.9. The molecule has 0 aliphatic carbocycles. The van der Waals surface area contributed by atoms with Crippen LogP contribution in [-0.2, 0) is 22.6 Å². The van der Waals surface area contributed by atoms with Crippen molar-refractivity contribution in [1.29, 1.82) is 0 Å². The predicted octanol–water partition coefficient (Wildman–Crippen LogP) is 3.33. The minimum absolute atomic E-state index is 0.0535. The van der Waals surface area contributed by atoms with Crippen LogP contribution in [0.5, 0.6) is 0 Å². The van der Waals surface area contributed by atoms with E-state index in [4.69, 9.17) is 5.11 Å². The van der Waals surface area contributed by atoms with E-state index < -0.39 is 5.97 Å². The maximum absolute atomic E-state index is 12.2. The van der Waals surface area contributed by atoms with Crippen LogP contribution in [0.4, 0.5) is 0 Å². The number of aromatic nitrogens is 1. The van der Waals surface area contributed by atoms with Gasteiger partial charge in [0, 0.05) is 36.1 Å². The maximum Gasteiger partial charge on any atom is 0.305 e. The van der Waals surface area contributed by atoms with Gasteiger partial charge in [-0.2, -0.15) is 0 Å². The van der Waals surface area contributed by atoms with Crippen molar-refractivity contribution >= 4 is 22.8 Å². The van der Waals surface area contributed by atoms with E-state index in [1.807, 2.05) is 6.07 Å². The summed E-state index contributed by atoms with van der Waals surface area (Å²) in [5.74, 6) is -0.152. The molecule has 1 fully saturated rings. The van der Waals surface area contributed by atoms with E-state index in [-0.39, 0.29) is 18.4 Å². The van der Waals surface area contributed by atoms with Crippen LogP contribution < -0.4 is 10.6 Å². The first-order chi connectivity index (χ1) is 14.0. The summed E-state index contributed by atoms with van der Waals surface area (Å²) >= 11 is 0. The molecule has 3 N–H and O–H groups in total. The molecular formula is C23H33N3O3. The molecule has 2 heterocycles. The Labute approximate surface area is 172 Å². The predicted molar refractivity (Wildman–Crippen MR) is 115 cm³/mol. The number of fused-ring (bicyclic) bond motifs is 1. The van der Waals surface area contributed by atoms with Gasteiger partial charge in [0.1, 0.15) is 0 Å². The molecule has 2 aromatic rings. The van der Waals surface area contributed by atoms with E-state index in [1.165, 1.54) is 42.1 Å². The van der Waals surface area contributed by atoms with Crippen LogP contribution in [-0.4, -0.2) is 40.7 Å². The molecule has 1 aromatic carbocycles. The third-order valence-electron chi connectivity index (χ3n) is 5.85. The average Bonchev–Trinajstić information content (AvgIpc) is 3.04. The van der Waals surface area contributed by atoms with Crippen molar-refractivity contribution in [2.24, 2.45) is 5.92 Å². The lowest BCUT2D eigenvalue weighted by Crippen LogP contribution is -2.34. The highest BCUT2D eigenvalue weighted by Gasteiger charge is 2.15. The highest BCUT2D eigenvalue weighted by Crippen LogP contribution is 2.24. The number of nitrogens with one attached hydrogen (secondary N) is 2. The van der Waals surface area contributed by atoms with Gasteiger partial charge in [-0.1, -0.05) is 18.2 Å². The summed E-state index contributed by atoms with van der Waals surface area (Å²) in [7, 11) is 0. The zero-order chi connectivity index (χ0) is 20.6. The third-order valence-corrected chi connectivity index (χ3v) is 5.85. The molecule has 158 valence electrons. The van der Waals surface area contributed by atoms with Crippen molar-refractivity contribution in [2.75, 3.05) is 13.1 Å². The molecule has 0 saturated carbocycles. The van der Waals surface area contributed by atoms with Crippen molar-refractivity contribution in [3.63, 3.8) is 0 Å². The molecule has 1 atom stereocenters. The Morgan fingerprint density at radius 3 is 2.79 bits per heavy atom. The number of nitrogens with zero attached hydrogens (tertiary/aromatic N) is 1. The highest BCUT2D eigenvalue weighted by molar-refractivity contribution is 5.85. The lowest BCUT2D eigenvalue weighted by molar-refractivity contribution is -0.137. The quantitative estimate of drug-likeness (QED) is 0.572. The van der Waals surface area contributed by atoms with E-state index in [1.54, 1.807) is 6.92 Å². The number of amides is 1. The molecular weight excluding hydrogens is 366 g/mol. The van der Waals surface area contributed by atoms with Crippen LogP contribution in [0.15, 0.2) is 30.5 Å². The van der Waals surface area contributed by atoms with Gasteiger partial charge < -0.3 is 20.3 Å². The van der Waals surface area contributed by atoms with Gasteiger partial charge in [-0.3, -0.25) is 9.59 Å². The van der Waals surface area contributed by atoms with Gasteiger partial charge in [-0.15, -0.1) is 0 Å². The van der Waals surface area contributed by atoms with Crippen LogP contribution >= 0.6 is 0 Å². The fourth-order valence-corrected chi connectivity index (χ4v) is 4.34. The second-order valence-electron chi connectivity index (χ2n) is 8.27. The summed E-state index contributed by atoms with van der Waals surface area (Å²) < 4.78 is 2.33. The SMILES string of the molecule is CC(CC(=O)O)NC(=O)CCc1cn(CCCC2CCNCC2)c2ccccc12. The zero-order valence-electron chi connectivity index (χ0n) is 17.3. The number of carboxylic acids is 1. The number of carbonyl (C=O) groups excluding carboxylic acids is 1. The molecule has 6 nitrogen and oxygen atoms in total. The molecule has 0 spiro atoms. The highest BCUT2D eigenvalue weighted by atomic mass is 16.4. The van der Waals surface area contributed by atoms with Gasteiger partial charge in [-0.05, 0) is 69.7 Å². The Bertz CT molecular complexity index is 824. The normalized spacial score (nSPS) is 16.0. The molecule has 1 aromatic heterocycles. The van der Waals surface area contributed by atoms with Crippen molar-refractivity contribution in [2.45, 2.75) is 64.5 Å². The first-order valence-corrected chi connectivity index (χ1v) is 10.8. The number of para-hydroxylation sites is 1. The van der Waals surface area contributed by atoms with E-state index in [0.717, 1.165) is 25.6 Å². The minimum Gasteiger partial charge on any atom is -0.481 e. The van der Waals surface area contributed by atoms with Crippen molar-refractivity contribution in [3.8, 4) is 0 Å². The molecule has 29 heavy (non-hydrogen) atoms. The van der Waals surface area contributed by atoms with E-state index in [2.05, 4.69) is 39.6 Å². The Morgan fingerprint density at radius 1 is 1.28 bits per heavy atom. The Hall–Kier alpha value is -2.34.